The van der Waals surface area contributed by atoms with Crippen LogP contribution in [0.25, 0.3) is 0 Å². The van der Waals surface area contributed by atoms with Gasteiger partial charge in [-0.15, -0.1) is 0 Å². The number of non-ortho nitro benzene ring substituents is 1. The Bertz CT molecular complexity index is 584. The molecular formula is C14H17F3N2O4. The summed E-state index contributed by atoms with van der Waals surface area (Å²) in [5.41, 5.74) is -2.24. The van der Waals surface area contributed by atoms with Gasteiger partial charge in [0.25, 0.3) is 5.69 Å². The Balaban J connectivity index is 2.09. The summed E-state index contributed by atoms with van der Waals surface area (Å²) in [6, 6.07) is 4.12. The van der Waals surface area contributed by atoms with Crippen LogP contribution in [-0.2, 0) is 6.54 Å². The standard InChI is InChI=1S/C14H17F3N2O4/c1-23-12-3-2-11(19(21)22)8-10(12)9-18-6-4-13(20,5-7-18)14(15,16)17/h2-3,8,20H,4-7,9H2,1H3. The molecule has 1 saturated heterocycles. The van der Waals surface area contributed by atoms with E-state index in [1.807, 2.05) is 0 Å². The average molecular weight is 334 g/mol. The van der Waals surface area contributed by atoms with Gasteiger partial charge in [-0.25, -0.2) is 0 Å². The van der Waals surface area contributed by atoms with E-state index in [1.54, 1.807) is 4.90 Å². The topological polar surface area (TPSA) is 75.8 Å². The number of ether oxygens (including phenoxy) is 1. The molecule has 128 valence electrons. The molecule has 1 aliphatic heterocycles. The van der Waals surface area contributed by atoms with Crippen molar-refractivity contribution < 1.29 is 27.9 Å². The minimum Gasteiger partial charge on any atom is -0.496 e. The summed E-state index contributed by atoms with van der Waals surface area (Å²) in [6.07, 6.45) is -5.50. The van der Waals surface area contributed by atoms with Crippen molar-refractivity contribution in [1.82, 2.24) is 4.90 Å². The second kappa shape index (κ2) is 6.32. The van der Waals surface area contributed by atoms with Crippen LogP contribution in [0.2, 0.25) is 0 Å². The van der Waals surface area contributed by atoms with E-state index >= 15 is 0 Å². The highest BCUT2D eigenvalue weighted by Gasteiger charge is 2.54. The fraction of sp³-hybridized carbons (Fsp3) is 0.571. The first-order valence-corrected chi connectivity index (χ1v) is 6.99. The van der Waals surface area contributed by atoms with Crippen molar-refractivity contribution in [3.63, 3.8) is 0 Å². The SMILES string of the molecule is COc1ccc([N+](=O)[O-])cc1CN1CCC(O)(C(F)(F)F)CC1. The Morgan fingerprint density at radius 3 is 2.48 bits per heavy atom. The molecule has 0 aromatic heterocycles. The summed E-state index contributed by atoms with van der Waals surface area (Å²) >= 11 is 0. The molecule has 1 aromatic carbocycles. The molecule has 6 nitrogen and oxygen atoms in total. The molecule has 1 aliphatic rings. The van der Waals surface area contributed by atoms with E-state index in [-0.39, 0.29) is 25.3 Å². The number of hydrogen-bond acceptors (Lipinski definition) is 5. The molecule has 0 amide bonds. The molecule has 1 aromatic rings. The van der Waals surface area contributed by atoms with Crippen molar-refractivity contribution in [2.75, 3.05) is 20.2 Å². The Morgan fingerprint density at radius 1 is 1.39 bits per heavy atom. The van der Waals surface area contributed by atoms with Gasteiger partial charge >= 0.3 is 6.18 Å². The Kier molecular flexibility index (Phi) is 4.81. The molecule has 1 fully saturated rings. The largest absolute Gasteiger partial charge is 0.496 e. The predicted octanol–water partition coefficient (Wildman–Crippen LogP) is 2.49. The van der Waals surface area contributed by atoms with Gasteiger partial charge in [0, 0.05) is 37.3 Å². The minimum absolute atomic E-state index is 0.0435. The number of nitrogens with zero attached hydrogens (tertiary/aromatic N) is 2. The third-order valence-electron chi connectivity index (χ3n) is 4.08. The summed E-state index contributed by atoms with van der Waals surface area (Å²) in [6.45, 7) is 0.308. The maximum Gasteiger partial charge on any atom is 0.417 e. The van der Waals surface area contributed by atoms with Crippen molar-refractivity contribution in [2.45, 2.75) is 31.2 Å². The van der Waals surface area contributed by atoms with E-state index in [1.165, 1.54) is 25.3 Å². The van der Waals surface area contributed by atoms with E-state index in [0.29, 0.717) is 11.3 Å². The summed E-state index contributed by atoms with van der Waals surface area (Å²) in [7, 11) is 1.42. The molecule has 0 bridgehead atoms. The zero-order valence-electron chi connectivity index (χ0n) is 12.5. The molecule has 0 aliphatic carbocycles. The molecule has 1 heterocycles. The molecule has 9 heteroatoms. The molecular weight excluding hydrogens is 317 g/mol. The van der Waals surface area contributed by atoms with Crippen LogP contribution in [-0.4, -0.2) is 46.9 Å². The Labute approximate surface area is 130 Å². The van der Waals surface area contributed by atoms with Crippen LogP contribution in [0.15, 0.2) is 18.2 Å². The molecule has 1 N–H and O–H groups in total. The molecule has 0 atom stereocenters. The predicted molar refractivity (Wildman–Crippen MR) is 75.2 cm³/mol. The van der Waals surface area contributed by atoms with Gasteiger partial charge in [-0.2, -0.15) is 13.2 Å². The van der Waals surface area contributed by atoms with Gasteiger partial charge in [-0.05, 0) is 18.9 Å². The lowest BCUT2D eigenvalue weighted by atomic mass is 9.90. The lowest BCUT2D eigenvalue weighted by molar-refractivity contribution is -0.385. The van der Waals surface area contributed by atoms with Crippen LogP contribution in [0, 0.1) is 10.1 Å². The second-order valence-corrected chi connectivity index (χ2v) is 5.56. The highest BCUT2D eigenvalue weighted by Crippen LogP contribution is 2.39. The van der Waals surface area contributed by atoms with E-state index in [4.69, 9.17) is 4.74 Å². The third kappa shape index (κ3) is 3.73. The van der Waals surface area contributed by atoms with E-state index in [2.05, 4.69) is 0 Å². The smallest absolute Gasteiger partial charge is 0.417 e. The number of aliphatic hydroxyl groups is 1. The van der Waals surface area contributed by atoms with Gasteiger partial charge in [0.05, 0.1) is 12.0 Å². The molecule has 0 radical (unpaired) electrons. The lowest BCUT2D eigenvalue weighted by Crippen LogP contribution is -2.53. The molecule has 2 rings (SSSR count). The van der Waals surface area contributed by atoms with Crippen molar-refractivity contribution in [3.8, 4) is 5.75 Å². The second-order valence-electron chi connectivity index (χ2n) is 5.56. The molecule has 0 saturated carbocycles. The normalized spacial score (nSPS) is 18.7. The molecule has 23 heavy (non-hydrogen) atoms. The van der Waals surface area contributed by atoms with Crippen LogP contribution in [0.4, 0.5) is 18.9 Å². The zero-order valence-corrected chi connectivity index (χ0v) is 12.5. The number of rotatable bonds is 4. The third-order valence-corrected chi connectivity index (χ3v) is 4.08. The van der Waals surface area contributed by atoms with Gasteiger partial charge in [-0.1, -0.05) is 0 Å². The van der Waals surface area contributed by atoms with Crippen LogP contribution >= 0.6 is 0 Å². The van der Waals surface area contributed by atoms with Crippen LogP contribution in [0.1, 0.15) is 18.4 Å². The number of likely N-dealkylation sites (tertiary alicyclic amines) is 1. The molecule has 0 spiro atoms. The van der Waals surface area contributed by atoms with Crippen LogP contribution in [0.3, 0.4) is 0 Å². The van der Waals surface area contributed by atoms with E-state index < -0.39 is 29.5 Å². The quantitative estimate of drug-likeness (QED) is 0.676. The van der Waals surface area contributed by atoms with Crippen molar-refractivity contribution in [1.29, 1.82) is 0 Å². The maximum absolute atomic E-state index is 12.8. The average Bonchev–Trinajstić information content (AvgIpc) is 2.48. The number of nitro benzene ring substituents is 1. The number of halogens is 3. The minimum atomic E-state index is -4.65. The highest BCUT2D eigenvalue weighted by molar-refractivity contribution is 5.43. The van der Waals surface area contributed by atoms with Gasteiger partial charge in [0.1, 0.15) is 5.75 Å². The highest BCUT2D eigenvalue weighted by atomic mass is 19.4. The van der Waals surface area contributed by atoms with Crippen molar-refractivity contribution in [2.24, 2.45) is 0 Å². The van der Waals surface area contributed by atoms with Gasteiger partial charge < -0.3 is 9.84 Å². The van der Waals surface area contributed by atoms with E-state index in [9.17, 15) is 28.4 Å². The summed E-state index contributed by atoms with van der Waals surface area (Å²) in [5, 5.41) is 20.5. The zero-order chi connectivity index (χ0) is 17.3. The van der Waals surface area contributed by atoms with Gasteiger partial charge in [0.2, 0.25) is 0 Å². The summed E-state index contributed by atoms with van der Waals surface area (Å²) < 4.78 is 43.5. The first-order chi connectivity index (χ1) is 10.7. The Morgan fingerprint density at radius 2 is 2.00 bits per heavy atom. The van der Waals surface area contributed by atoms with Gasteiger partial charge in [-0.3, -0.25) is 15.0 Å². The monoisotopic (exact) mass is 334 g/mol. The first-order valence-electron chi connectivity index (χ1n) is 6.99. The number of nitro groups is 1. The van der Waals surface area contributed by atoms with Gasteiger partial charge in [0.15, 0.2) is 5.60 Å². The van der Waals surface area contributed by atoms with Crippen LogP contribution < -0.4 is 4.74 Å². The maximum atomic E-state index is 12.8. The van der Waals surface area contributed by atoms with Crippen LogP contribution in [0.5, 0.6) is 5.75 Å². The first kappa shape index (κ1) is 17.5. The number of benzene rings is 1. The fourth-order valence-corrected chi connectivity index (χ4v) is 2.61. The number of methoxy groups -OCH3 is 1. The van der Waals surface area contributed by atoms with Crippen molar-refractivity contribution in [3.05, 3.63) is 33.9 Å². The number of hydrogen-bond donors (Lipinski definition) is 1. The Hall–Kier alpha value is -1.87. The fourth-order valence-electron chi connectivity index (χ4n) is 2.61. The lowest BCUT2D eigenvalue weighted by Gasteiger charge is -2.39. The van der Waals surface area contributed by atoms with E-state index in [0.717, 1.165) is 0 Å². The number of alkyl halides is 3. The summed E-state index contributed by atoms with van der Waals surface area (Å²) in [5.74, 6) is 0.437. The molecule has 0 unspecified atom stereocenters. The number of piperidine rings is 1. The van der Waals surface area contributed by atoms with Crippen molar-refractivity contribution >= 4 is 5.69 Å². The summed E-state index contributed by atoms with van der Waals surface area (Å²) in [4.78, 5) is 12.0.